The quantitative estimate of drug-likeness (QED) is 0.656. The lowest BCUT2D eigenvalue weighted by molar-refractivity contribution is 0.573. The van der Waals surface area contributed by atoms with Gasteiger partial charge in [-0.05, 0) is 49.1 Å². The van der Waals surface area contributed by atoms with Gasteiger partial charge in [-0.2, -0.15) is 10.4 Å². The molecule has 0 atom stereocenters. The Morgan fingerprint density at radius 1 is 1.15 bits per heavy atom. The van der Waals surface area contributed by atoms with Crippen molar-refractivity contribution >= 4 is 16.7 Å². The maximum Gasteiger partial charge on any atom is 0.129 e. The fourth-order valence-corrected chi connectivity index (χ4v) is 3.63. The van der Waals surface area contributed by atoms with E-state index in [1.165, 1.54) is 24.8 Å². The third-order valence-corrected chi connectivity index (χ3v) is 5.07. The number of rotatable bonds is 6. The van der Waals surface area contributed by atoms with Crippen LogP contribution in [0.25, 0.3) is 22.2 Å². The number of aromatic nitrogens is 3. The number of nitrogens with one attached hydrogen (secondary N) is 2. The summed E-state index contributed by atoms with van der Waals surface area (Å²) in [5.41, 5.74) is 4.27. The van der Waals surface area contributed by atoms with Crippen LogP contribution in [0.2, 0.25) is 0 Å². The summed E-state index contributed by atoms with van der Waals surface area (Å²) in [6.07, 6.45) is 6.19. The number of aromatic amines is 1. The molecule has 3 aromatic rings. The van der Waals surface area contributed by atoms with Crippen molar-refractivity contribution in [3.63, 3.8) is 0 Å². The third-order valence-electron chi connectivity index (χ3n) is 5.07. The van der Waals surface area contributed by atoms with E-state index in [1.807, 2.05) is 12.3 Å². The monoisotopic (exact) mass is 360 g/mol. The predicted molar refractivity (Wildman–Crippen MR) is 107 cm³/mol. The number of nitriles is 1. The van der Waals surface area contributed by atoms with Gasteiger partial charge in [-0.3, -0.25) is 5.10 Å². The molecule has 2 N–H and O–H groups in total. The SMILES string of the molecule is N#CCCNCc1ccc2[nH]nc(-c3ccnc(N4CCCCC4)c3)c2c1. The number of fused-ring (bicyclic) bond motifs is 1. The molecule has 0 radical (unpaired) electrons. The van der Waals surface area contributed by atoms with Crippen molar-refractivity contribution < 1.29 is 0 Å². The normalized spacial score (nSPS) is 14.4. The molecule has 1 aromatic carbocycles. The highest BCUT2D eigenvalue weighted by Crippen LogP contribution is 2.29. The van der Waals surface area contributed by atoms with E-state index in [0.29, 0.717) is 13.0 Å². The molecule has 138 valence electrons. The van der Waals surface area contributed by atoms with Crippen LogP contribution in [0.3, 0.4) is 0 Å². The van der Waals surface area contributed by atoms with Crippen LogP contribution in [0.4, 0.5) is 5.82 Å². The summed E-state index contributed by atoms with van der Waals surface area (Å²) >= 11 is 0. The first-order chi connectivity index (χ1) is 13.3. The molecule has 1 aliphatic heterocycles. The van der Waals surface area contributed by atoms with Crippen molar-refractivity contribution in [1.82, 2.24) is 20.5 Å². The van der Waals surface area contributed by atoms with Crippen LogP contribution in [-0.2, 0) is 6.54 Å². The summed E-state index contributed by atoms with van der Waals surface area (Å²) in [5.74, 6) is 1.04. The minimum Gasteiger partial charge on any atom is -0.357 e. The van der Waals surface area contributed by atoms with Crippen molar-refractivity contribution in [2.24, 2.45) is 0 Å². The number of benzene rings is 1. The fourth-order valence-electron chi connectivity index (χ4n) is 3.63. The number of anilines is 1. The second-order valence-electron chi connectivity index (χ2n) is 6.99. The Bertz CT molecular complexity index is 949. The smallest absolute Gasteiger partial charge is 0.129 e. The van der Waals surface area contributed by atoms with Crippen molar-refractivity contribution in [3.8, 4) is 17.3 Å². The van der Waals surface area contributed by atoms with E-state index in [1.54, 1.807) is 0 Å². The molecule has 0 unspecified atom stereocenters. The number of hydrogen-bond acceptors (Lipinski definition) is 5. The molecule has 3 heterocycles. The third kappa shape index (κ3) is 3.93. The van der Waals surface area contributed by atoms with Crippen LogP contribution in [0.15, 0.2) is 36.5 Å². The number of hydrogen-bond donors (Lipinski definition) is 2. The first kappa shape index (κ1) is 17.5. The van der Waals surface area contributed by atoms with Crippen LogP contribution in [0, 0.1) is 11.3 Å². The van der Waals surface area contributed by atoms with Gasteiger partial charge in [0.1, 0.15) is 11.5 Å². The zero-order valence-corrected chi connectivity index (χ0v) is 15.4. The van der Waals surface area contributed by atoms with Gasteiger partial charge in [0.25, 0.3) is 0 Å². The molecule has 0 amide bonds. The van der Waals surface area contributed by atoms with E-state index in [2.05, 4.69) is 55.7 Å². The molecule has 6 nitrogen and oxygen atoms in total. The topological polar surface area (TPSA) is 80.6 Å². The Hall–Kier alpha value is -2.91. The lowest BCUT2D eigenvalue weighted by Crippen LogP contribution is -2.30. The number of piperidine rings is 1. The molecule has 27 heavy (non-hydrogen) atoms. The van der Waals surface area contributed by atoms with Crippen molar-refractivity contribution in [1.29, 1.82) is 5.26 Å². The molecular formula is C21H24N6. The first-order valence-electron chi connectivity index (χ1n) is 9.61. The van der Waals surface area contributed by atoms with Gasteiger partial charge in [0, 0.05) is 49.7 Å². The molecule has 2 aromatic heterocycles. The van der Waals surface area contributed by atoms with Gasteiger partial charge in [-0.1, -0.05) is 6.07 Å². The summed E-state index contributed by atoms with van der Waals surface area (Å²) in [5, 5.41) is 20.8. The minimum absolute atomic E-state index is 0.523. The van der Waals surface area contributed by atoms with Gasteiger partial charge in [0.05, 0.1) is 11.6 Å². The van der Waals surface area contributed by atoms with Crippen LogP contribution in [-0.4, -0.2) is 34.8 Å². The standard InChI is InChI=1S/C21H24N6/c22-8-4-9-23-15-16-5-6-19-18(13-16)21(26-25-19)17-7-10-24-20(14-17)27-11-2-1-3-12-27/h5-7,10,13-14,23H,1-4,9,11-12,15H2,(H,25,26). The molecule has 1 aliphatic rings. The Kier molecular flexibility index (Phi) is 5.31. The Labute approximate surface area is 159 Å². The van der Waals surface area contributed by atoms with Crippen LogP contribution in [0.1, 0.15) is 31.2 Å². The van der Waals surface area contributed by atoms with Crippen molar-refractivity contribution in [2.45, 2.75) is 32.2 Å². The van der Waals surface area contributed by atoms with E-state index in [4.69, 9.17) is 5.26 Å². The van der Waals surface area contributed by atoms with Gasteiger partial charge >= 0.3 is 0 Å². The molecule has 1 fully saturated rings. The summed E-state index contributed by atoms with van der Waals surface area (Å²) in [6, 6.07) is 12.7. The fraction of sp³-hybridized carbons (Fsp3) is 0.381. The minimum atomic E-state index is 0.523. The molecule has 0 aliphatic carbocycles. The first-order valence-corrected chi connectivity index (χ1v) is 9.61. The zero-order chi connectivity index (χ0) is 18.5. The summed E-state index contributed by atoms with van der Waals surface area (Å²) < 4.78 is 0. The molecule has 6 heteroatoms. The highest BCUT2D eigenvalue weighted by Gasteiger charge is 2.15. The Morgan fingerprint density at radius 2 is 2.04 bits per heavy atom. The van der Waals surface area contributed by atoms with Crippen LogP contribution >= 0.6 is 0 Å². The number of nitrogens with zero attached hydrogens (tertiary/aromatic N) is 4. The van der Waals surface area contributed by atoms with Gasteiger partial charge in [-0.15, -0.1) is 0 Å². The van der Waals surface area contributed by atoms with Gasteiger partial charge in [0.2, 0.25) is 0 Å². The van der Waals surface area contributed by atoms with Crippen molar-refractivity contribution in [2.75, 3.05) is 24.5 Å². The Balaban J connectivity index is 1.60. The van der Waals surface area contributed by atoms with E-state index in [0.717, 1.165) is 47.6 Å². The number of H-pyrrole nitrogens is 1. The van der Waals surface area contributed by atoms with Crippen LogP contribution in [0.5, 0.6) is 0 Å². The molecule has 1 saturated heterocycles. The van der Waals surface area contributed by atoms with Gasteiger partial charge < -0.3 is 10.2 Å². The average Bonchev–Trinajstić information content (AvgIpc) is 3.15. The summed E-state index contributed by atoms with van der Waals surface area (Å²) in [4.78, 5) is 6.95. The highest BCUT2D eigenvalue weighted by molar-refractivity contribution is 5.93. The van der Waals surface area contributed by atoms with Gasteiger partial charge in [0.15, 0.2) is 0 Å². The molecule has 0 bridgehead atoms. The maximum absolute atomic E-state index is 8.65. The van der Waals surface area contributed by atoms with E-state index < -0.39 is 0 Å². The average molecular weight is 360 g/mol. The van der Waals surface area contributed by atoms with Gasteiger partial charge in [-0.25, -0.2) is 4.98 Å². The largest absolute Gasteiger partial charge is 0.357 e. The summed E-state index contributed by atoms with van der Waals surface area (Å²) in [6.45, 7) is 3.61. The summed E-state index contributed by atoms with van der Waals surface area (Å²) in [7, 11) is 0. The Morgan fingerprint density at radius 3 is 2.89 bits per heavy atom. The van der Waals surface area contributed by atoms with E-state index in [9.17, 15) is 0 Å². The van der Waals surface area contributed by atoms with E-state index in [-0.39, 0.29) is 0 Å². The van der Waals surface area contributed by atoms with Crippen molar-refractivity contribution in [3.05, 3.63) is 42.1 Å². The van der Waals surface area contributed by atoms with E-state index >= 15 is 0 Å². The number of pyridine rings is 1. The lowest BCUT2D eigenvalue weighted by atomic mass is 10.1. The highest BCUT2D eigenvalue weighted by atomic mass is 15.2. The predicted octanol–water partition coefficient (Wildman–Crippen LogP) is 3.62. The second-order valence-corrected chi connectivity index (χ2v) is 6.99. The lowest BCUT2D eigenvalue weighted by Gasteiger charge is -2.27. The molecule has 0 saturated carbocycles. The molecular weight excluding hydrogens is 336 g/mol. The van der Waals surface area contributed by atoms with Crippen LogP contribution < -0.4 is 10.2 Å². The second kappa shape index (κ2) is 8.19. The maximum atomic E-state index is 8.65. The molecule has 0 spiro atoms. The zero-order valence-electron chi connectivity index (χ0n) is 15.4. The molecule has 4 rings (SSSR count).